The van der Waals surface area contributed by atoms with E-state index in [1.807, 2.05) is 6.92 Å². The Balaban J connectivity index is 4.08. The standard InChI is InChI=1S/C8H10O5/c1-3-4-5(2)7(11)13-8(12)6(9)10/h2-4H2,1H3,(H,9,10). The maximum atomic E-state index is 10.8. The molecule has 0 atom stereocenters. The van der Waals surface area contributed by atoms with Gasteiger partial charge in [-0.25, -0.2) is 14.4 Å². The molecule has 13 heavy (non-hydrogen) atoms. The van der Waals surface area contributed by atoms with Gasteiger partial charge >= 0.3 is 17.9 Å². The third-order valence-electron chi connectivity index (χ3n) is 1.20. The highest BCUT2D eigenvalue weighted by Crippen LogP contribution is 2.03. The highest BCUT2D eigenvalue weighted by Gasteiger charge is 2.19. The summed E-state index contributed by atoms with van der Waals surface area (Å²) in [5, 5.41) is 8.09. The number of rotatable bonds is 3. The average Bonchev–Trinajstić information content (AvgIpc) is 2.04. The summed E-state index contributed by atoms with van der Waals surface area (Å²) in [6, 6.07) is 0. The lowest BCUT2D eigenvalue weighted by atomic mass is 10.2. The molecule has 0 aliphatic carbocycles. The molecule has 0 saturated carbocycles. The zero-order valence-electron chi connectivity index (χ0n) is 7.20. The number of ether oxygens (including phenoxy) is 1. The summed E-state index contributed by atoms with van der Waals surface area (Å²) < 4.78 is 3.95. The lowest BCUT2D eigenvalue weighted by molar-refractivity contribution is -0.169. The summed E-state index contributed by atoms with van der Waals surface area (Å²) in [7, 11) is 0. The van der Waals surface area contributed by atoms with Crippen molar-refractivity contribution in [2.75, 3.05) is 0 Å². The molecule has 0 saturated heterocycles. The van der Waals surface area contributed by atoms with Crippen LogP contribution in [0.2, 0.25) is 0 Å². The summed E-state index contributed by atoms with van der Waals surface area (Å²) in [6.07, 6.45) is 1.06. The van der Waals surface area contributed by atoms with Gasteiger partial charge in [0.25, 0.3) is 0 Å². The highest BCUT2D eigenvalue weighted by atomic mass is 16.6. The number of carboxylic acid groups (broad SMARTS) is 1. The Labute approximate surface area is 75.0 Å². The van der Waals surface area contributed by atoms with Gasteiger partial charge < -0.3 is 9.84 Å². The third-order valence-corrected chi connectivity index (χ3v) is 1.20. The minimum absolute atomic E-state index is 0.0945. The monoisotopic (exact) mass is 186 g/mol. The first-order valence-corrected chi connectivity index (χ1v) is 3.66. The van der Waals surface area contributed by atoms with Crippen LogP contribution in [0.1, 0.15) is 19.8 Å². The molecule has 0 aliphatic heterocycles. The second-order valence-corrected chi connectivity index (χ2v) is 2.34. The largest absolute Gasteiger partial charge is 0.473 e. The molecule has 0 fully saturated rings. The smallest absolute Gasteiger partial charge is 0.425 e. The maximum Gasteiger partial charge on any atom is 0.425 e. The van der Waals surface area contributed by atoms with E-state index in [-0.39, 0.29) is 5.57 Å². The molecule has 0 radical (unpaired) electrons. The van der Waals surface area contributed by atoms with Crippen LogP contribution in [0.4, 0.5) is 0 Å². The van der Waals surface area contributed by atoms with Crippen LogP contribution in [0.5, 0.6) is 0 Å². The summed E-state index contributed by atoms with van der Waals surface area (Å²) >= 11 is 0. The van der Waals surface area contributed by atoms with Gasteiger partial charge in [0, 0.05) is 5.57 Å². The number of aliphatic carboxylic acids is 1. The predicted molar refractivity (Wildman–Crippen MR) is 42.8 cm³/mol. The van der Waals surface area contributed by atoms with Crippen LogP contribution in [0.3, 0.4) is 0 Å². The maximum absolute atomic E-state index is 10.8. The van der Waals surface area contributed by atoms with Crippen LogP contribution in [-0.2, 0) is 19.1 Å². The molecule has 0 amide bonds. The van der Waals surface area contributed by atoms with Crippen molar-refractivity contribution in [1.29, 1.82) is 0 Å². The van der Waals surface area contributed by atoms with Crippen molar-refractivity contribution in [1.82, 2.24) is 0 Å². The summed E-state index contributed by atoms with van der Waals surface area (Å²) in [5.41, 5.74) is 0.0945. The van der Waals surface area contributed by atoms with Gasteiger partial charge in [0.1, 0.15) is 0 Å². The molecule has 0 spiro atoms. The van der Waals surface area contributed by atoms with Crippen LogP contribution in [0.25, 0.3) is 0 Å². The Morgan fingerprint density at radius 1 is 1.31 bits per heavy atom. The highest BCUT2D eigenvalue weighted by molar-refractivity contribution is 6.31. The van der Waals surface area contributed by atoms with E-state index < -0.39 is 17.9 Å². The van der Waals surface area contributed by atoms with Crippen LogP contribution >= 0.6 is 0 Å². The lowest BCUT2D eigenvalue weighted by Crippen LogP contribution is -2.21. The number of hydrogen-bond acceptors (Lipinski definition) is 4. The molecule has 0 aromatic rings. The van der Waals surface area contributed by atoms with E-state index in [1.54, 1.807) is 0 Å². The van der Waals surface area contributed by atoms with Crippen molar-refractivity contribution in [2.45, 2.75) is 19.8 Å². The van der Waals surface area contributed by atoms with Gasteiger partial charge in [-0.1, -0.05) is 19.9 Å². The zero-order chi connectivity index (χ0) is 10.4. The minimum Gasteiger partial charge on any atom is -0.473 e. The SMILES string of the molecule is C=C(CCC)C(=O)OC(=O)C(=O)O. The second-order valence-electron chi connectivity index (χ2n) is 2.34. The van der Waals surface area contributed by atoms with Gasteiger partial charge in [-0.2, -0.15) is 0 Å². The number of carbonyl (C=O) groups excluding carboxylic acids is 2. The molecule has 5 heteroatoms. The predicted octanol–water partition coefficient (Wildman–Crippen LogP) is 0.497. The number of carboxylic acids is 1. The summed E-state index contributed by atoms with van der Waals surface area (Å²) in [6.45, 7) is 5.15. The molecule has 0 aliphatic rings. The van der Waals surface area contributed by atoms with Crippen LogP contribution in [0.15, 0.2) is 12.2 Å². The normalized spacial score (nSPS) is 9.00. The fraction of sp³-hybridized carbons (Fsp3) is 0.375. The van der Waals surface area contributed by atoms with E-state index in [9.17, 15) is 14.4 Å². The Kier molecular flexibility index (Phi) is 4.43. The number of hydrogen-bond donors (Lipinski definition) is 1. The number of carbonyl (C=O) groups is 3. The Bertz CT molecular complexity index is 253. The van der Waals surface area contributed by atoms with E-state index in [1.165, 1.54) is 0 Å². The average molecular weight is 186 g/mol. The van der Waals surface area contributed by atoms with E-state index in [2.05, 4.69) is 11.3 Å². The zero-order valence-corrected chi connectivity index (χ0v) is 7.20. The summed E-state index contributed by atoms with van der Waals surface area (Å²) in [4.78, 5) is 31.2. The van der Waals surface area contributed by atoms with Crippen molar-refractivity contribution in [3.63, 3.8) is 0 Å². The topological polar surface area (TPSA) is 80.7 Å². The van der Waals surface area contributed by atoms with Crippen LogP contribution in [0, 0.1) is 0 Å². The van der Waals surface area contributed by atoms with Crippen LogP contribution < -0.4 is 0 Å². The molecule has 0 heterocycles. The van der Waals surface area contributed by atoms with Crippen molar-refractivity contribution in [3.8, 4) is 0 Å². The van der Waals surface area contributed by atoms with Crippen molar-refractivity contribution in [3.05, 3.63) is 12.2 Å². The van der Waals surface area contributed by atoms with E-state index in [0.29, 0.717) is 12.8 Å². The minimum atomic E-state index is -1.79. The fourth-order valence-corrected chi connectivity index (χ4v) is 0.604. The molecule has 0 bridgehead atoms. The van der Waals surface area contributed by atoms with Crippen molar-refractivity contribution < 1.29 is 24.2 Å². The summed E-state index contributed by atoms with van der Waals surface area (Å²) in [5.74, 6) is -4.35. The molecule has 1 N–H and O–H groups in total. The lowest BCUT2D eigenvalue weighted by Gasteiger charge is -2.00. The van der Waals surface area contributed by atoms with Gasteiger partial charge in [-0.15, -0.1) is 0 Å². The van der Waals surface area contributed by atoms with Gasteiger partial charge in [-0.3, -0.25) is 0 Å². The quantitative estimate of drug-likeness (QED) is 0.300. The van der Waals surface area contributed by atoms with Gasteiger partial charge in [0.05, 0.1) is 0 Å². The fourth-order valence-electron chi connectivity index (χ4n) is 0.604. The molecule has 72 valence electrons. The van der Waals surface area contributed by atoms with Crippen LogP contribution in [-0.4, -0.2) is 23.0 Å². The third kappa shape index (κ3) is 4.05. The Morgan fingerprint density at radius 3 is 2.23 bits per heavy atom. The van der Waals surface area contributed by atoms with Gasteiger partial charge in [0.15, 0.2) is 0 Å². The first-order valence-electron chi connectivity index (χ1n) is 3.66. The second kappa shape index (κ2) is 5.08. The van der Waals surface area contributed by atoms with Gasteiger partial charge in [-0.05, 0) is 6.42 Å². The molecule has 0 rings (SSSR count). The molecule has 0 aromatic heterocycles. The Hall–Kier alpha value is -1.65. The molecule has 0 aromatic carbocycles. The van der Waals surface area contributed by atoms with E-state index in [4.69, 9.17) is 5.11 Å². The molecule has 0 unspecified atom stereocenters. The van der Waals surface area contributed by atoms with Crippen molar-refractivity contribution >= 4 is 17.9 Å². The van der Waals surface area contributed by atoms with Gasteiger partial charge in [0.2, 0.25) is 0 Å². The first kappa shape index (κ1) is 11.4. The van der Waals surface area contributed by atoms with E-state index in [0.717, 1.165) is 0 Å². The number of esters is 2. The molecular formula is C8H10O5. The van der Waals surface area contributed by atoms with E-state index >= 15 is 0 Å². The molecule has 5 nitrogen and oxygen atoms in total. The molecular weight excluding hydrogens is 176 g/mol. The Morgan fingerprint density at radius 2 is 1.85 bits per heavy atom. The first-order chi connectivity index (χ1) is 5.99. The van der Waals surface area contributed by atoms with Crippen molar-refractivity contribution in [2.24, 2.45) is 0 Å².